The Morgan fingerprint density at radius 2 is 1.86 bits per heavy atom. The molecule has 7 heterocycles. The number of carbonyl (C=O) groups is 4. The van der Waals surface area contributed by atoms with Crippen LogP contribution in [0.4, 0.5) is 4.79 Å². The summed E-state index contributed by atoms with van der Waals surface area (Å²) >= 11 is 2.75. The van der Waals surface area contributed by atoms with Gasteiger partial charge in [-0.25, -0.2) is 15.2 Å². The van der Waals surface area contributed by atoms with E-state index in [0.717, 1.165) is 44.7 Å². The van der Waals surface area contributed by atoms with Gasteiger partial charge in [-0.05, 0) is 94.7 Å². The van der Waals surface area contributed by atoms with E-state index >= 15 is 9.59 Å². The van der Waals surface area contributed by atoms with Gasteiger partial charge in [-0.15, -0.1) is 11.3 Å². The number of hydrazine groups is 1. The smallest absolute Gasteiger partial charge is 0.324 e. The van der Waals surface area contributed by atoms with Gasteiger partial charge in [0.2, 0.25) is 0 Å². The van der Waals surface area contributed by atoms with E-state index in [4.69, 9.17) is 24.2 Å². The fourth-order valence-electron chi connectivity index (χ4n) is 9.98. The zero-order chi connectivity index (χ0) is 47.5. The van der Waals surface area contributed by atoms with Crippen LogP contribution in [0.2, 0.25) is 0 Å². The number of urea groups is 1. The van der Waals surface area contributed by atoms with Crippen LogP contribution in [0.3, 0.4) is 0 Å². The lowest BCUT2D eigenvalue weighted by atomic mass is 9.84. The first-order valence-corrected chi connectivity index (χ1v) is 25.0. The quantitative estimate of drug-likeness (QED) is 0.132. The lowest BCUT2D eigenvalue weighted by Crippen LogP contribution is -2.73. The van der Waals surface area contributed by atoms with Crippen molar-refractivity contribution >= 4 is 58.0 Å². The van der Waals surface area contributed by atoms with Gasteiger partial charge < -0.3 is 28.6 Å². The van der Waals surface area contributed by atoms with E-state index in [0.29, 0.717) is 56.2 Å². The first-order chi connectivity index (χ1) is 31.3. The van der Waals surface area contributed by atoms with Gasteiger partial charge >= 0.3 is 12.0 Å². The number of rotatable bonds is 9. The number of amides is 4. The summed E-state index contributed by atoms with van der Waals surface area (Å²) in [7, 11) is 5.05. The van der Waals surface area contributed by atoms with Gasteiger partial charge in [0.15, 0.2) is 5.54 Å². The summed E-state index contributed by atoms with van der Waals surface area (Å²) in [6.45, 7) is 18.5. The van der Waals surface area contributed by atoms with Crippen LogP contribution in [0.25, 0.3) is 33.4 Å². The van der Waals surface area contributed by atoms with Crippen LogP contribution >= 0.6 is 23.3 Å². The highest BCUT2D eigenvalue weighted by Gasteiger charge is 2.59. The second-order valence-corrected chi connectivity index (χ2v) is 21.9. The molecule has 4 aliphatic heterocycles. The standard InChI is InChI=1S/C49H66N8O7S2/c1-12-55-38-18-17-31-21-34(38)35(42(55)33-15-13-19-50-40(33)30(4)62-10)22-47(5,6)27-64-44(59)36-16-14-20-56(52-36)45(60)49(23-39-51-37(31)26-65-39)28-66-57(49)43(58)41(29(2)3)53(9)46(61)54-24-32(25-54)48(7,8)63-11/h13,15,17-19,21,26,29-30,32,36,41,52H,12,14,16,20,22-25,27-28H2,1-11H3/t30-,36-,41-,49?/m0/s1. The lowest BCUT2D eigenvalue weighted by Gasteiger charge is -2.53. The molecule has 1 N–H and O–H groups in total. The molecule has 17 heteroatoms. The molecule has 0 aliphatic carbocycles. The number of likely N-dealkylation sites (N-methyl/N-ethyl adjacent to an activating group) is 1. The number of methoxy groups -OCH3 is 2. The third-order valence-corrected chi connectivity index (χ3v) is 16.5. The van der Waals surface area contributed by atoms with Crippen LogP contribution in [0.5, 0.6) is 0 Å². The molecule has 1 unspecified atom stereocenters. The number of esters is 1. The zero-order valence-corrected chi connectivity index (χ0v) is 41.9. The Morgan fingerprint density at radius 1 is 1.11 bits per heavy atom. The Labute approximate surface area is 397 Å². The summed E-state index contributed by atoms with van der Waals surface area (Å²) in [5.74, 6) is -0.836. The molecule has 15 nitrogen and oxygen atoms in total. The molecule has 4 atom stereocenters. The van der Waals surface area contributed by atoms with Crippen molar-refractivity contribution in [3.05, 3.63) is 58.2 Å². The molecule has 4 aromatic rings. The zero-order valence-electron chi connectivity index (χ0n) is 40.3. The number of benzene rings is 1. The summed E-state index contributed by atoms with van der Waals surface area (Å²) in [5, 5.41) is 5.31. The van der Waals surface area contributed by atoms with Gasteiger partial charge in [0.25, 0.3) is 11.8 Å². The molecule has 4 amide bonds. The Kier molecular flexibility index (Phi) is 13.4. The first-order valence-electron chi connectivity index (χ1n) is 23.2. The highest BCUT2D eigenvalue weighted by molar-refractivity contribution is 7.99. The molecule has 356 valence electrons. The molecule has 3 aromatic heterocycles. The van der Waals surface area contributed by atoms with Crippen LogP contribution < -0.4 is 5.43 Å². The average Bonchev–Trinajstić information content (AvgIpc) is 3.86. The van der Waals surface area contributed by atoms with Crippen LogP contribution in [0, 0.1) is 17.3 Å². The van der Waals surface area contributed by atoms with Crippen molar-refractivity contribution in [3.63, 3.8) is 0 Å². The monoisotopic (exact) mass is 942 g/mol. The molecule has 6 bridgehead atoms. The van der Waals surface area contributed by atoms with Crippen molar-refractivity contribution in [1.29, 1.82) is 0 Å². The van der Waals surface area contributed by atoms with Gasteiger partial charge in [0.1, 0.15) is 12.1 Å². The number of nitrogens with zero attached hydrogens (tertiary/aromatic N) is 7. The molecule has 0 saturated carbocycles. The maximum atomic E-state index is 15.2. The van der Waals surface area contributed by atoms with Crippen molar-refractivity contribution < 1.29 is 33.4 Å². The van der Waals surface area contributed by atoms with Crippen LogP contribution in [-0.4, -0.2) is 134 Å². The molecule has 3 saturated heterocycles. The van der Waals surface area contributed by atoms with Crippen molar-refractivity contribution in [2.75, 3.05) is 53.3 Å². The fourth-order valence-corrected chi connectivity index (χ4v) is 12.1. The minimum absolute atomic E-state index is 0.146. The molecular formula is C49H66N8O7S2. The number of carbonyl (C=O) groups excluding carboxylic acids is 4. The third-order valence-electron chi connectivity index (χ3n) is 14.3. The highest BCUT2D eigenvalue weighted by atomic mass is 32.2. The van der Waals surface area contributed by atoms with Gasteiger partial charge in [-0.3, -0.25) is 28.7 Å². The van der Waals surface area contributed by atoms with E-state index in [1.807, 2.05) is 46.1 Å². The first kappa shape index (κ1) is 47.9. The summed E-state index contributed by atoms with van der Waals surface area (Å²) in [5.41, 5.74) is 7.78. The number of hydrogen-bond donors (Lipinski definition) is 1. The number of likely N-dealkylation sites (tertiary alicyclic amines) is 1. The minimum Gasteiger partial charge on any atom is -0.464 e. The molecule has 4 aliphatic rings. The normalized spacial score (nSPS) is 22.5. The van der Waals surface area contributed by atoms with E-state index in [1.165, 1.54) is 33.2 Å². The minimum atomic E-state index is -1.34. The SMILES string of the molecule is CCn1c(-c2cccnc2[C@H](C)OC)c2c3cc(ccc31)-c1csc(n1)CC1(CSN1C(=O)[C@H](C(C)C)N(C)C(=O)N1CC(C(C)(C)OC)C1)C(=O)N1CCC[C@H](N1)C(=O)OCC(C)(C)C2. The van der Waals surface area contributed by atoms with Crippen molar-refractivity contribution in [1.82, 2.24) is 39.1 Å². The van der Waals surface area contributed by atoms with Crippen molar-refractivity contribution in [2.24, 2.45) is 17.3 Å². The third kappa shape index (κ3) is 8.63. The second-order valence-electron chi connectivity index (χ2n) is 20.1. The number of fused-ring (bicyclic) bond motifs is 6. The number of pyridine rings is 1. The Hall–Kier alpha value is -4.55. The average molecular weight is 943 g/mol. The number of ether oxygens (including phenoxy) is 3. The van der Waals surface area contributed by atoms with Crippen LogP contribution in [-0.2, 0) is 48.0 Å². The second kappa shape index (κ2) is 18.5. The predicted octanol–water partition coefficient (Wildman–Crippen LogP) is 7.38. The Bertz CT molecular complexity index is 2500. The maximum Gasteiger partial charge on any atom is 0.324 e. The number of aryl methyl sites for hydroxylation is 1. The van der Waals surface area contributed by atoms with E-state index in [1.54, 1.807) is 36.7 Å². The summed E-state index contributed by atoms with van der Waals surface area (Å²) in [6.07, 6.45) is 3.35. The van der Waals surface area contributed by atoms with E-state index in [9.17, 15) is 9.59 Å². The molecule has 3 fully saturated rings. The molecular weight excluding hydrogens is 877 g/mol. The number of nitrogens with one attached hydrogen (secondary N) is 1. The fraction of sp³-hybridized carbons (Fsp3) is 0.592. The topological polar surface area (TPSA) is 152 Å². The number of thiazole rings is 1. The Morgan fingerprint density at radius 3 is 2.53 bits per heavy atom. The van der Waals surface area contributed by atoms with Crippen molar-refractivity contribution in [3.8, 4) is 22.5 Å². The van der Waals surface area contributed by atoms with E-state index in [-0.39, 0.29) is 54.4 Å². The van der Waals surface area contributed by atoms with E-state index < -0.39 is 29.0 Å². The largest absolute Gasteiger partial charge is 0.464 e. The Balaban J connectivity index is 1.19. The molecule has 1 aromatic carbocycles. The van der Waals surface area contributed by atoms with E-state index in [2.05, 4.69) is 55.0 Å². The molecule has 8 rings (SSSR count). The summed E-state index contributed by atoms with van der Waals surface area (Å²) in [4.78, 5) is 71.5. The molecule has 1 spiro atoms. The highest BCUT2D eigenvalue weighted by Crippen LogP contribution is 2.46. The van der Waals surface area contributed by atoms with Gasteiger partial charge in [0, 0.05) is 105 Å². The summed E-state index contributed by atoms with van der Waals surface area (Å²) in [6, 6.07) is 8.68. The van der Waals surface area contributed by atoms with Crippen LogP contribution in [0.1, 0.15) is 90.6 Å². The van der Waals surface area contributed by atoms with Gasteiger partial charge in [0.05, 0.1) is 40.4 Å². The van der Waals surface area contributed by atoms with Crippen molar-refractivity contribution in [2.45, 2.75) is 117 Å². The van der Waals surface area contributed by atoms with Gasteiger partial charge in [-0.2, -0.15) is 0 Å². The van der Waals surface area contributed by atoms with Gasteiger partial charge in [-0.1, -0.05) is 33.8 Å². The molecule has 0 radical (unpaired) electrons. The number of cyclic esters (lactones) is 1. The number of aromatic nitrogens is 3. The predicted molar refractivity (Wildman–Crippen MR) is 257 cm³/mol. The summed E-state index contributed by atoms with van der Waals surface area (Å²) < 4.78 is 21.6. The molecule has 66 heavy (non-hydrogen) atoms. The number of hydrogen-bond acceptors (Lipinski definition) is 12. The van der Waals surface area contributed by atoms with Crippen LogP contribution in [0.15, 0.2) is 41.9 Å². The lowest BCUT2D eigenvalue weighted by molar-refractivity contribution is -0.160. The maximum absolute atomic E-state index is 15.2.